The molecule has 6 heteroatoms. The number of anilines is 1. The molecule has 1 amide bonds. The van der Waals surface area contributed by atoms with Gasteiger partial charge in [-0.25, -0.2) is 4.68 Å². The van der Waals surface area contributed by atoms with Gasteiger partial charge in [0, 0.05) is 6.54 Å². The van der Waals surface area contributed by atoms with Crippen LogP contribution in [0.25, 0.3) is 5.70 Å². The van der Waals surface area contributed by atoms with Crippen LogP contribution < -0.4 is 4.90 Å². The van der Waals surface area contributed by atoms with Crippen LogP contribution in [0.5, 0.6) is 0 Å². The zero-order valence-corrected chi connectivity index (χ0v) is 11.8. The van der Waals surface area contributed by atoms with Gasteiger partial charge in [-0.2, -0.15) is 10.4 Å². The number of aromatic nitrogens is 2. The van der Waals surface area contributed by atoms with Crippen molar-refractivity contribution in [1.29, 1.82) is 5.26 Å². The minimum absolute atomic E-state index is 0.134. The summed E-state index contributed by atoms with van der Waals surface area (Å²) in [6.45, 7) is 0.371. The van der Waals surface area contributed by atoms with Gasteiger partial charge in [-0.3, -0.25) is 9.69 Å². The van der Waals surface area contributed by atoms with E-state index in [9.17, 15) is 10.1 Å². The van der Waals surface area contributed by atoms with Crippen LogP contribution in [0.4, 0.5) is 5.82 Å². The van der Waals surface area contributed by atoms with E-state index in [-0.39, 0.29) is 11.8 Å². The van der Waals surface area contributed by atoms with Gasteiger partial charge in [-0.1, -0.05) is 30.3 Å². The van der Waals surface area contributed by atoms with Gasteiger partial charge in [0.2, 0.25) is 5.91 Å². The number of carbonyl (C=O) groups is 1. The first-order chi connectivity index (χ1) is 10.3. The van der Waals surface area contributed by atoms with E-state index < -0.39 is 0 Å². The molecule has 2 aromatic rings. The van der Waals surface area contributed by atoms with E-state index >= 15 is 0 Å². The second kappa shape index (κ2) is 5.43. The Balaban J connectivity index is 2.14. The van der Waals surface area contributed by atoms with Crippen molar-refractivity contribution in [2.45, 2.75) is 0 Å². The summed E-state index contributed by atoms with van der Waals surface area (Å²) >= 11 is 5.64. The smallest absolute Gasteiger partial charge is 0.243 e. The van der Waals surface area contributed by atoms with Crippen molar-refractivity contribution in [2.24, 2.45) is 0 Å². The highest BCUT2D eigenvalue weighted by atomic mass is 35.5. The van der Waals surface area contributed by atoms with Crippen LogP contribution in [-0.2, 0) is 4.79 Å². The molecule has 2 heterocycles. The Kier molecular flexibility index (Phi) is 3.46. The molecule has 0 fully saturated rings. The van der Waals surface area contributed by atoms with E-state index in [1.54, 1.807) is 4.68 Å². The first kappa shape index (κ1) is 13.4. The summed E-state index contributed by atoms with van der Waals surface area (Å²) in [6.07, 6.45) is 3.37. The maximum atomic E-state index is 12.0. The van der Waals surface area contributed by atoms with Crippen molar-refractivity contribution in [3.05, 3.63) is 53.7 Å². The predicted octanol–water partition coefficient (Wildman–Crippen LogP) is 2.23. The lowest BCUT2D eigenvalue weighted by atomic mass is 10.1. The van der Waals surface area contributed by atoms with E-state index in [1.165, 1.54) is 11.1 Å². The summed E-state index contributed by atoms with van der Waals surface area (Å²) in [6, 6.07) is 11.8. The number of carbonyl (C=O) groups excluding carboxylic acids is 1. The third-order valence-electron chi connectivity index (χ3n) is 3.30. The largest absolute Gasteiger partial charge is 0.291 e. The molecule has 0 aliphatic carbocycles. The third-order valence-corrected chi connectivity index (χ3v) is 3.53. The number of rotatable bonds is 2. The number of amides is 1. The lowest BCUT2D eigenvalue weighted by Crippen LogP contribution is -2.37. The highest BCUT2D eigenvalue weighted by Crippen LogP contribution is 2.30. The molecule has 1 aliphatic heterocycles. The van der Waals surface area contributed by atoms with Crippen LogP contribution in [0, 0.1) is 11.3 Å². The molecule has 0 spiro atoms. The van der Waals surface area contributed by atoms with E-state index in [0.29, 0.717) is 17.9 Å². The summed E-state index contributed by atoms with van der Waals surface area (Å²) in [4.78, 5) is 13.4. The van der Waals surface area contributed by atoms with E-state index in [4.69, 9.17) is 11.6 Å². The molecule has 104 valence electrons. The fourth-order valence-corrected chi connectivity index (χ4v) is 2.49. The Labute approximate surface area is 126 Å². The van der Waals surface area contributed by atoms with Crippen LogP contribution in [0.3, 0.4) is 0 Å². The second-order valence-electron chi connectivity index (χ2n) is 4.50. The lowest BCUT2D eigenvalue weighted by molar-refractivity contribution is -0.116. The predicted molar refractivity (Wildman–Crippen MR) is 79.8 cm³/mol. The number of nitriles is 1. The maximum Gasteiger partial charge on any atom is 0.243 e. The molecule has 0 saturated heterocycles. The topological polar surface area (TPSA) is 61.9 Å². The zero-order chi connectivity index (χ0) is 14.8. The molecule has 0 radical (unpaired) electrons. The molecule has 0 unspecified atom stereocenters. The summed E-state index contributed by atoms with van der Waals surface area (Å²) in [7, 11) is 0. The monoisotopic (exact) mass is 298 g/mol. The highest BCUT2D eigenvalue weighted by molar-refractivity contribution is 6.29. The van der Waals surface area contributed by atoms with Crippen LogP contribution >= 0.6 is 11.6 Å². The van der Waals surface area contributed by atoms with E-state index in [1.807, 2.05) is 36.4 Å². The molecule has 21 heavy (non-hydrogen) atoms. The van der Waals surface area contributed by atoms with Crippen molar-refractivity contribution in [1.82, 2.24) is 9.78 Å². The molecule has 1 aliphatic rings. The van der Waals surface area contributed by atoms with Gasteiger partial charge >= 0.3 is 0 Å². The maximum absolute atomic E-state index is 12.0. The number of hydrogen-bond donors (Lipinski definition) is 0. The molecule has 5 nitrogen and oxygen atoms in total. The number of fused-ring (bicyclic) bond motifs is 1. The number of halogens is 1. The molecule has 0 atom stereocenters. The Bertz CT molecular complexity index is 758. The van der Waals surface area contributed by atoms with Gasteiger partial charge in [-0.05, 0) is 11.6 Å². The lowest BCUT2D eigenvalue weighted by Gasteiger charge is -2.27. The zero-order valence-electron chi connectivity index (χ0n) is 11.0. The van der Waals surface area contributed by atoms with Gasteiger partial charge < -0.3 is 0 Å². The Hall–Kier alpha value is -2.58. The molecule has 1 aromatic heterocycles. The second-order valence-corrected chi connectivity index (χ2v) is 4.77. The number of nitrogens with zero attached hydrogens (tertiary/aromatic N) is 4. The SMILES string of the molecule is N#Cc1cnn2c1N(C(=O)CCl)CC=C2c1ccccc1. The molecule has 1 aromatic carbocycles. The van der Waals surface area contributed by atoms with Crippen molar-refractivity contribution in [3.8, 4) is 6.07 Å². The average molecular weight is 299 g/mol. The minimum Gasteiger partial charge on any atom is -0.291 e. The first-order valence-electron chi connectivity index (χ1n) is 6.36. The van der Waals surface area contributed by atoms with E-state index in [0.717, 1.165) is 11.3 Å². The fraction of sp³-hybridized carbons (Fsp3) is 0.133. The van der Waals surface area contributed by atoms with Gasteiger partial charge in [0.05, 0.1) is 11.9 Å². The number of alkyl halides is 1. The van der Waals surface area contributed by atoms with Crippen LogP contribution in [0.2, 0.25) is 0 Å². The highest BCUT2D eigenvalue weighted by Gasteiger charge is 2.27. The number of benzene rings is 1. The molecule has 3 rings (SSSR count). The van der Waals surface area contributed by atoms with Gasteiger partial charge in [0.1, 0.15) is 17.5 Å². The average Bonchev–Trinajstić information content (AvgIpc) is 2.98. The van der Waals surface area contributed by atoms with Crippen LogP contribution in [0.15, 0.2) is 42.6 Å². The normalized spacial score (nSPS) is 13.3. The van der Waals surface area contributed by atoms with Gasteiger partial charge in [-0.15, -0.1) is 11.6 Å². The van der Waals surface area contributed by atoms with Crippen molar-refractivity contribution in [2.75, 3.05) is 17.3 Å². The van der Waals surface area contributed by atoms with E-state index in [2.05, 4.69) is 11.2 Å². The van der Waals surface area contributed by atoms with Gasteiger partial charge in [0.25, 0.3) is 0 Å². The first-order valence-corrected chi connectivity index (χ1v) is 6.90. The minimum atomic E-state index is -0.252. The fourth-order valence-electron chi connectivity index (χ4n) is 2.35. The Morgan fingerprint density at radius 2 is 2.14 bits per heavy atom. The Morgan fingerprint density at radius 1 is 1.38 bits per heavy atom. The molecule has 0 bridgehead atoms. The quantitative estimate of drug-likeness (QED) is 0.799. The van der Waals surface area contributed by atoms with Crippen LogP contribution in [0.1, 0.15) is 11.1 Å². The molecular formula is C15H11ClN4O. The molecular weight excluding hydrogens is 288 g/mol. The summed E-state index contributed by atoms with van der Waals surface area (Å²) in [5.41, 5.74) is 2.19. The standard InChI is InChI=1S/C15H11ClN4O/c16-8-14(21)19-7-6-13(11-4-2-1-3-5-11)20-15(19)12(9-17)10-18-20/h1-6,10H,7-8H2. The summed E-state index contributed by atoms with van der Waals surface area (Å²) in [5.74, 6) is 0.0904. The van der Waals surface area contributed by atoms with Gasteiger partial charge in [0.15, 0.2) is 5.82 Å². The van der Waals surface area contributed by atoms with Crippen molar-refractivity contribution in [3.63, 3.8) is 0 Å². The third kappa shape index (κ3) is 2.20. The van der Waals surface area contributed by atoms with Crippen molar-refractivity contribution >= 4 is 29.0 Å². The van der Waals surface area contributed by atoms with Crippen LogP contribution in [-0.4, -0.2) is 28.1 Å². The summed E-state index contributed by atoms with van der Waals surface area (Å²) in [5, 5.41) is 13.5. The van der Waals surface area contributed by atoms with Crippen molar-refractivity contribution < 1.29 is 4.79 Å². The summed E-state index contributed by atoms with van der Waals surface area (Å²) < 4.78 is 1.61. The number of hydrogen-bond acceptors (Lipinski definition) is 3. The molecule has 0 N–H and O–H groups in total. The Morgan fingerprint density at radius 3 is 2.81 bits per heavy atom. The molecule has 0 saturated carbocycles.